The van der Waals surface area contributed by atoms with Crippen molar-refractivity contribution in [1.29, 1.82) is 0 Å². The minimum Gasteiger partial charge on any atom is -0.382 e. The van der Waals surface area contributed by atoms with Gasteiger partial charge in [0.1, 0.15) is 5.82 Å². The SMILES string of the molecule is CCc1c(N)n[nH]c1-c1cc(Br)ccc1Br. The van der Waals surface area contributed by atoms with Gasteiger partial charge in [-0.1, -0.05) is 38.8 Å². The van der Waals surface area contributed by atoms with Gasteiger partial charge in [-0.3, -0.25) is 5.10 Å². The Morgan fingerprint density at radius 3 is 2.81 bits per heavy atom. The summed E-state index contributed by atoms with van der Waals surface area (Å²) in [6.45, 7) is 2.07. The van der Waals surface area contributed by atoms with Gasteiger partial charge in [0.25, 0.3) is 0 Å². The number of aromatic amines is 1. The highest BCUT2D eigenvalue weighted by atomic mass is 79.9. The van der Waals surface area contributed by atoms with E-state index in [4.69, 9.17) is 5.73 Å². The Morgan fingerprint density at radius 1 is 1.38 bits per heavy atom. The maximum absolute atomic E-state index is 5.81. The minimum absolute atomic E-state index is 0.573. The van der Waals surface area contributed by atoms with Crippen LogP contribution in [0.5, 0.6) is 0 Å². The minimum atomic E-state index is 0.573. The van der Waals surface area contributed by atoms with Crippen LogP contribution in [0.15, 0.2) is 27.1 Å². The molecule has 0 saturated carbocycles. The van der Waals surface area contributed by atoms with Gasteiger partial charge in [0, 0.05) is 20.1 Å². The standard InChI is InChI=1S/C11H11Br2N3/c1-2-7-10(15-16-11(7)14)8-5-6(12)3-4-9(8)13/h3-5H,2H2,1H3,(H3,14,15,16). The summed E-state index contributed by atoms with van der Waals surface area (Å²) in [5.41, 5.74) is 8.91. The van der Waals surface area contributed by atoms with Crippen molar-refractivity contribution in [1.82, 2.24) is 10.2 Å². The maximum atomic E-state index is 5.81. The molecule has 3 N–H and O–H groups in total. The van der Waals surface area contributed by atoms with E-state index in [1.807, 2.05) is 18.2 Å². The molecule has 0 bridgehead atoms. The fourth-order valence-electron chi connectivity index (χ4n) is 1.65. The van der Waals surface area contributed by atoms with Gasteiger partial charge in [0.15, 0.2) is 0 Å². The zero-order chi connectivity index (χ0) is 11.7. The highest BCUT2D eigenvalue weighted by Crippen LogP contribution is 2.33. The van der Waals surface area contributed by atoms with E-state index < -0.39 is 0 Å². The lowest BCUT2D eigenvalue weighted by Crippen LogP contribution is -1.91. The van der Waals surface area contributed by atoms with E-state index in [-0.39, 0.29) is 0 Å². The molecule has 16 heavy (non-hydrogen) atoms. The Bertz CT molecular complexity index is 520. The van der Waals surface area contributed by atoms with Crippen LogP contribution in [0.2, 0.25) is 0 Å². The molecular formula is C11H11Br2N3. The molecule has 0 atom stereocenters. The number of hydrogen-bond donors (Lipinski definition) is 2. The van der Waals surface area contributed by atoms with E-state index in [2.05, 4.69) is 49.0 Å². The molecule has 1 aromatic heterocycles. The highest BCUT2D eigenvalue weighted by molar-refractivity contribution is 9.11. The summed E-state index contributed by atoms with van der Waals surface area (Å²) in [5, 5.41) is 7.03. The molecule has 2 aromatic rings. The zero-order valence-corrected chi connectivity index (χ0v) is 11.9. The number of benzene rings is 1. The molecular weight excluding hydrogens is 334 g/mol. The van der Waals surface area contributed by atoms with E-state index in [9.17, 15) is 0 Å². The van der Waals surface area contributed by atoms with Crippen molar-refractivity contribution in [3.8, 4) is 11.3 Å². The predicted octanol–water partition coefficient (Wildman–Crippen LogP) is 3.75. The van der Waals surface area contributed by atoms with Gasteiger partial charge in [0.2, 0.25) is 0 Å². The third-order valence-corrected chi connectivity index (χ3v) is 3.64. The van der Waals surface area contributed by atoms with Crippen molar-refractivity contribution in [2.24, 2.45) is 0 Å². The first-order valence-corrected chi connectivity index (χ1v) is 6.50. The summed E-state index contributed by atoms with van der Waals surface area (Å²) < 4.78 is 2.05. The van der Waals surface area contributed by atoms with Gasteiger partial charge >= 0.3 is 0 Å². The number of nitrogens with two attached hydrogens (primary N) is 1. The predicted molar refractivity (Wildman–Crippen MR) is 73.2 cm³/mol. The number of nitrogens with zero attached hydrogens (tertiary/aromatic N) is 1. The van der Waals surface area contributed by atoms with Crippen LogP contribution in [-0.2, 0) is 6.42 Å². The van der Waals surface area contributed by atoms with Crippen molar-refractivity contribution in [2.75, 3.05) is 5.73 Å². The lowest BCUT2D eigenvalue weighted by atomic mass is 10.1. The molecule has 1 heterocycles. The molecule has 0 unspecified atom stereocenters. The van der Waals surface area contributed by atoms with E-state index in [1.165, 1.54) is 0 Å². The molecule has 0 amide bonds. The molecule has 5 heteroatoms. The van der Waals surface area contributed by atoms with E-state index in [0.717, 1.165) is 32.2 Å². The third-order valence-electron chi connectivity index (χ3n) is 2.45. The van der Waals surface area contributed by atoms with Crippen LogP contribution in [0, 0.1) is 0 Å². The zero-order valence-electron chi connectivity index (χ0n) is 8.72. The molecule has 0 radical (unpaired) electrons. The maximum Gasteiger partial charge on any atom is 0.149 e. The second-order valence-electron chi connectivity index (χ2n) is 3.44. The number of hydrogen-bond acceptors (Lipinski definition) is 2. The van der Waals surface area contributed by atoms with Crippen LogP contribution >= 0.6 is 31.9 Å². The van der Waals surface area contributed by atoms with Gasteiger partial charge < -0.3 is 5.73 Å². The molecule has 0 fully saturated rings. The van der Waals surface area contributed by atoms with Crippen LogP contribution in [0.4, 0.5) is 5.82 Å². The largest absolute Gasteiger partial charge is 0.382 e. The van der Waals surface area contributed by atoms with Crippen molar-refractivity contribution < 1.29 is 0 Å². The smallest absolute Gasteiger partial charge is 0.149 e. The van der Waals surface area contributed by atoms with Crippen molar-refractivity contribution in [2.45, 2.75) is 13.3 Å². The van der Waals surface area contributed by atoms with Crippen LogP contribution in [0.1, 0.15) is 12.5 Å². The van der Waals surface area contributed by atoms with Crippen LogP contribution < -0.4 is 5.73 Å². The van der Waals surface area contributed by atoms with Gasteiger partial charge in [-0.15, -0.1) is 0 Å². The second-order valence-corrected chi connectivity index (χ2v) is 5.21. The average molecular weight is 345 g/mol. The molecule has 0 aliphatic rings. The Balaban J connectivity index is 2.62. The first-order chi connectivity index (χ1) is 7.63. The number of H-pyrrole nitrogens is 1. The van der Waals surface area contributed by atoms with Crippen LogP contribution in [0.3, 0.4) is 0 Å². The Kier molecular flexibility index (Phi) is 3.35. The fourth-order valence-corrected chi connectivity index (χ4v) is 2.45. The Morgan fingerprint density at radius 2 is 2.12 bits per heavy atom. The van der Waals surface area contributed by atoms with E-state index in [1.54, 1.807) is 0 Å². The fraction of sp³-hybridized carbons (Fsp3) is 0.182. The normalized spacial score (nSPS) is 10.7. The van der Waals surface area contributed by atoms with Gasteiger partial charge in [0.05, 0.1) is 5.69 Å². The first kappa shape index (κ1) is 11.7. The summed E-state index contributed by atoms with van der Waals surface area (Å²) in [5.74, 6) is 0.573. The first-order valence-electron chi connectivity index (χ1n) is 4.91. The molecule has 84 valence electrons. The Hall–Kier alpha value is -0.810. The van der Waals surface area contributed by atoms with Gasteiger partial charge in [-0.05, 0) is 24.6 Å². The number of nitrogens with one attached hydrogen (secondary N) is 1. The molecule has 0 spiro atoms. The van der Waals surface area contributed by atoms with Crippen molar-refractivity contribution >= 4 is 37.7 Å². The molecule has 0 saturated heterocycles. The van der Waals surface area contributed by atoms with E-state index >= 15 is 0 Å². The molecule has 1 aromatic carbocycles. The summed E-state index contributed by atoms with van der Waals surface area (Å²) in [7, 11) is 0. The van der Waals surface area contributed by atoms with Crippen LogP contribution in [0.25, 0.3) is 11.3 Å². The van der Waals surface area contributed by atoms with Gasteiger partial charge in [-0.2, -0.15) is 5.10 Å². The topological polar surface area (TPSA) is 54.7 Å². The Labute approximate surface area is 111 Å². The summed E-state index contributed by atoms with van der Waals surface area (Å²) in [6, 6.07) is 6.02. The van der Waals surface area contributed by atoms with E-state index in [0.29, 0.717) is 5.82 Å². The van der Waals surface area contributed by atoms with Crippen molar-refractivity contribution in [3.63, 3.8) is 0 Å². The van der Waals surface area contributed by atoms with Crippen LogP contribution in [-0.4, -0.2) is 10.2 Å². The summed E-state index contributed by atoms with van der Waals surface area (Å²) >= 11 is 6.99. The van der Waals surface area contributed by atoms with Gasteiger partial charge in [-0.25, -0.2) is 0 Å². The lowest BCUT2D eigenvalue weighted by Gasteiger charge is -2.05. The third kappa shape index (κ3) is 2.01. The molecule has 3 nitrogen and oxygen atoms in total. The summed E-state index contributed by atoms with van der Waals surface area (Å²) in [6.07, 6.45) is 0.858. The average Bonchev–Trinajstić information content (AvgIpc) is 2.63. The number of nitrogen functional groups attached to an aromatic ring is 1. The molecule has 0 aliphatic carbocycles. The number of halogens is 2. The number of rotatable bonds is 2. The highest BCUT2D eigenvalue weighted by Gasteiger charge is 2.13. The number of anilines is 1. The quantitative estimate of drug-likeness (QED) is 0.871. The lowest BCUT2D eigenvalue weighted by molar-refractivity contribution is 1.10. The summed E-state index contributed by atoms with van der Waals surface area (Å²) in [4.78, 5) is 0. The van der Waals surface area contributed by atoms with Crippen molar-refractivity contribution in [3.05, 3.63) is 32.7 Å². The number of aromatic nitrogens is 2. The monoisotopic (exact) mass is 343 g/mol. The molecule has 0 aliphatic heterocycles. The second kappa shape index (κ2) is 4.59. The molecule has 2 rings (SSSR count).